The van der Waals surface area contributed by atoms with E-state index in [2.05, 4.69) is 21.0 Å². The molecular formula is C23H19ClN4O2S. The van der Waals surface area contributed by atoms with E-state index in [-0.39, 0.29) is 5.95 Å². The summed E-state index contributed by atoms with van der Waals surface area (Å²) < 4.78 is 10.9. The van der Waals surface area contributed by atoms with Crippen molar-refractivity contribution in [1.29, 1.82) is 0 Å². The third kappa shape index (κ3) is 3.92. The Labute approximate surface area is 188 Å². The van der Waals surface area contributed by atoms with Crippen LogP contribution in [-0.2, 0) is 23.7 Å². The topological polar surface area (TPSA) is 83.2 Å². The summed E-state index contributed by atoms with van der Waals surface area (Å²) in [6.45, 7) is 1.11. The largest absolute Gasteiger partial charge is 0.497 e. The Kier molecular flexibility index (Phi) is 5.40. The van der Waals surface area contributed by atoms with Gasteiger partial charge in [-0.15, -0.1) is 0 Å². The lowest BCUT2D eigenvalue weighted by molar-refractivity contribution is 0.103. The second-order valence-electron chi connectivity index (χ2n) is 7.16. The minimum atomic E-state index is 0.169. The second-order valence-corrected chi connectivity index (χ2v) is 8.51. The van der Waals surface area contributed by atoms with Gasteiger partial charge in [0.1, 0.15) is 5.75 Å². The number of aromatic nitrogens is 3. The molecule has 4 aromatic rings. The molecule has 0 bridgehead atoms. The number of thioether (sulfide) groups is 1. The third-order valence-corrected chi connectivity index (χ3v) is 6.40. The molecule has 3 aromatic carbocycles. The maximum absolute atomic E-state index is 6.69. The van der Waals surface area contributed by atoms with Crippen LogP contribution in [-0.4, -0.2) is 22.1 Å². The fourth-order valence-corrected chi connectivity index (χ4v) is 4.88. The van der Waals surface area contributed by atoms with Crippen LogP contribution in [0.5, 0.6) is 5.75 Å². The SMILES string of the molecule is COc1ccc(CSc2nc(N)nc(-c3c(Cl)cc4c5c(cccc35)COC4)n2)cc1. The van der Waals surface area contributed by atoms with Crippen molar-refractivity contribution in [3.8, 4) is 17.1 Å². The lowest BCUT2D eigenvalue weighted by Gasteiger charge is -2.20. The number of ether oxygens (including phenoxy) is 2. The first-order valence-electron chi connectivity index (χ1n) is 9.71. The number of hydrogen-bond donors (Lipinski definition) is 1. The predicted octanol–water partition coefficient (Wildman–Crippen LogP) is 5.26. The molecule has 0 amide bonds. The Morgan fingerprint density at radius 2 is 1.87 bits per heavy atom. The number of benzene rings is 3. The predicted molar refractivity (Wildman–Crippen MR) is 123 cm³/mol. The van der Waals surface area contributed by atoms with Crippen molar-refractivity contribution in [2.75, 3.05) is 12.8 Å². The van der Waals surface area contributed by atoms with Crippen LogP contribution in [0.2, 0.25) is 5.02 Å². The summed E-state index contributed by atoms with van der Waals surface area (Å²) >= 11 is 8.19. The molecule has 8 heteroatoms. The zero-order valence-electron chi connectivity index (χ0n) is 16.8. The van der Waals surface area contributed by atoms with Gasteiger partial charge in [-0.2, -0.15) is 9.97 Å². The number of halogens is 1. The first-order chi connectivity index (χ1) is 15.1. The van der Waals surface area contributed by atoms with Gasteiger partial charge in [0.2, 0.25) is 5.95 Å². The van der Waals surface area contributed by atoms with Gasteiger partial charge in [0.15, 0.2) is 11.0 Å². The summed E-state index contributed by atoms with van der Waals surface area (Å²) in [6.07, 6.45) is 0. The van der Waals surface area contributed by atoms with Gasteiger partial charge in [-0.25, -0.2) is 4.98 Å². The number of nitrogen functional groups attached to an aromatic ring is 1. The van der Waals surface area contributed by atoms with Crippen molar-refractivity contribution in [1.82, 2.24) is 15.0 Å². The lowest BCUT2D eigenvalue weighted by atomic mass is 9.94. The van der Waals surface area contributed by atoms with Crippen LogP contribution in [0.15, 0.2) is 53.7 Å². The van der Waals surface area contributed by atoms with E-state index in [1.807, 2.05) is 42.5 Å². The number of methoxy groups -OCH3 is 1. The highest BCUT2D eigenvalue weighted by Crippen LogP contribution is 2.40. The van der Waals surface area contributed by atoms with Gasteiger partial charge >= 0.3 is 0 Å². The minimum absolute atomic E-state index is 0.169. The Balaban J connectivity index is 1.53. The molecule has 0 saturated carbocycles. The molecule has 0 radical (unpaired) electrons. The summed E-state index contributed by atoms with van der Waals surface area (Å²) in [6, 6.07) is 15.9. The third-order valence-electron chi connectivity index (χ3n) is 5.18. The summed E-state index contributed by atoms with van der Waals surface area (Å²) in [5.74, 6) is 2.16. The zero-order valence-corrected chi connectivity index (χ0v) is 18.3. The lowest BCUT2D eigenvalue weighted by Crippen LogP contribution is -2.06. The highest BCUT2D eigenvalue weighted by atomic mass is 35.5. The highest BCUT2D eigenvalue weighted by molar-refractivity contribution is 7.98. The first-order valence-corrected chi connectivity index (χ1v) is 11.1. The van der Waals surface area contributed by atoms with Gasteiger partial charge < -0.3 is 15.2 Å². The van der Waals surface area contributed by atoms with Gasteiger partial charge in [0.05, 0.1) is 25.3 Å². The van der Waals surface area contributed by atoms with Crippen LogP contribution in [0.3, 0.4) is 0 Å². The number of nitrogens with zero attached hydrogens (tertiary/aromatic N) is 3. The molecule has 0 atom stereocenters. The molecule has 6 nitrogen and oxygen atoms in total. The highest BCUT2D eigenvalue weighted by Gasteiger charge is 2.21. The molecule has 0 spiro atoms. The Hall–Kier alpha value is -2.87. The van der Waals surface area contributed by atoms with Crippen molar-refractivity contribution < 1.29 is 9.47 Å². The molecular weight excluding hydrogens is 432 g/mol. The van der Waals surface area contributed by atoms with Crippen molar-refractivity contribution in [3.05, 3.63) is 70.2 Å². The van der Waals surface area contributed by atoms with Crippen molar-refractivity contribution >= 4 is 40.1 Å². The van der Waals surface area contributed by atoms with Gasteiger partial charge in [-0.05, 0) is 45.7 Å². The normalized spacial score (nSPS) is 12.8. The molecule has 2 heterocycles. The molecule has 2 N–H and O–H groups in total. The molecule has 156 valence electrons. The van der Waals surface area contributed by atoms with Crippen LogP contribution < -0.4 is 10.5 Å². The van der Waals surface area contributed by atoms with E-state index in [0.29, 0.717) is 35.0 Å². The van der Waals surface area contributed by atoms with Crippen molar-refractivity contribution in [2.24, 2.45) is 0 Å². The van der Waals surface area contributed by atoms with E-state index in [1.54, 1.807) is 7.11 Å². The molecule has 0 aliphatic carbocycles. The van der Waals surface area contributed by atoms with Gasteiger partial charge in [0.25, 0.3) is 0 Å². The van der Waals surface area contributed by atoms with E-state index in [0.717, 1.165) is 38.8 Å². The molecule has 0 unspecified atom stereocenters. The minimum Gasteiger partial charge on any atom is -0.497 e. The number of hydrogen-bond acceptors (Lipinski definition) is 7. The summed E-state index contributed by atoms with van der Waals surface area (Å²) in [5, 5.41) is 3.28. The molecule has 31 heavy (non-hydrogen) atoms. The van der Waals surface area contributed by atoms with Crippen LogP contribution in [0.4, 0.5) is 5.95 Å². The molecule has 5 rings (SSSR count). The van der Waals surface area contributed by atoms with E-state index >= 15 is 0 Å². The van der Waals surface area contributed by atoms with E-state index in [1.165, 1.54) is 11.8 Å². The number of nitrogens with two attached hydrogens (primary N) is 1. The summed E-state index contributed by atoms with van der Waals surface area (Å²) in [7, 11) is 1.65. The maximum atomic E-state index is 6.69. The van der Waals surface area contributed by atoms with Gasteiger partial charge in [0, 0.05) is 11.3 Å². The van der Waals surface area contributed by atoms with Crippen LogP contribution in [0.25, 0.3) is 22.2 Å². The monoisotopic (exact) mass is 450 g/mol. The number of rotatable bonds is 5. The Bertz CT molecular complexity index is 1280. The average molecular weight is 451 g/mol. The van der Waals surface area contributed by atoms with Gasteiger partial charge in [-0.3, -0.25) is 0 Å². The first kappa shape index (κ1) is 20.1. The maximum Gasteiger partial charge on any atom is 0.224 e. The fourth-order valence-electron chi connectivity index (χ4n) is 3.76. The van der Waals surface area contributed by atoms with Crippen LogP contribution in [0.1, 0.15) is 16.7 Å². The smallest absolute Gasteiger partial charge is 0.224 e. The Morgan fingerprint density at radius 3 is 2.68 bits per heavy atom. The average Bonchev–Trinajstić information content (AvgIpc) is 2.78. The molecule has 0 saturated heterocycles. The van der Waals surface area contributed by atoms with Crippen molar-refractivity contribution in [3.63, 3.8) is 0 Å². The quantitative estimate of drug-likeness (QED) is 0.415. The van der Waals surface area contributed by atoms with Crippen LogP contribution >= 0.6 is 23.4 Å². The standard InChI is InChI=1S/C23H19ClN4O2S/c1-29-16-7-5-13(6-8-16)12-31-23-27-21(26-22(25)28-23)20-17-4-2-3-14-10-30-11-15(19(14)17)9-18(20)24/h2-9H,10-12H2,1H3,(H2,25,26,27,28). The zero-order chi connectivity index (χ0) is 21.4. The summed E-state index contributed by atoms with van der Waals surface area (Å²) in [4.78, 5) is 13.4. The molecule has 1 aliphatic rings. The second kappa shape index (κ2) is 8.34. The van der Waals surface area contributed by atoms with E-state index in [4.69, 9.17) is 26.8 Å². The number of anilines is 1. The Morgan fingerprint density at radius 1 is 1.06 bits per heavy atom. The fraction of sp³-hybridized carbons (Fsp3) is 0.174. The van der Waals surface area contributed by atoms with E-state index < -0.39 is 0 Å². The van der Waals surface area contributed by atoms with Crippen molar-refractivity contribution in [2.45, 2.75) is 24.1 Å². The molecule has 1 aromatic heterocycles. The van der Waals surface area contributed by atoms with Gasteiger partial charge in [-0.1, -0.05) is 53.7 Å². The molecule has 0 fully saturated rings. The molecule has 1 aliphatic heterocycles. The summed E-state index contributed by atoms with van der Waals surface area (Å²) in [5.41, 5.74) is 10.1. The van der Waals surface area contributed by atoms with E-state index in [9.17, 15) is 0 Å². The van der Waals surface area contributed by atoms with Crippen LogP contribution in [0, 0.1) is 0 Å².